The van der Waals surface area contributed by atoms with Gasteiger partial charge >= 0.3 is 0 Å². The van der Waals surface area contributed by atoms with Crippen LogP contribution in [0.2, 0.25) is 5.02 Å². The molecule has 1 aromatic rings. The standard InChI is InChI=1S/C14H20ClNO2/c1-9-13(10-4-6-16-7-5-10)11(15)8-12(17-2)14(9)18-3/h8,10,16H,4-7H2,1-3H3. The molecule has 3 nitrogen and oxygen atoms in total. The predicted octanol–water partition coefficient (Wildman–Crippen LogP) is 3.13. The number of piperidine rings is 1. The first-order valence-corrected chi connectivity index (χ1v) is 6.68. The van der Waals surface area contributed by atoms with Crippen molar-refractivity contribution in [2.75, 3.05) is 27.3 Å². The first-order valence-electron chi connectivity index (χ1n) is 6.30. The predicted molar refractivity (Wildman–Crippen MR) is 74.1 cm³/mol. The van der Waals surface area contributed by atoms with Gasteiger partial charge in [-0.2, -0.15) is 0 Å². The van der Waals surface area contributed by atoms with Crippen LogP contribution in [0.25, 0.3) is 0 Å². The highest BCUT2D eigenvalue weighted by Crippen LogP contribution is 2.42. The van der Waals surface area contributed by atoms with E-state index in [4.69, 9.17) is 21.1 Å². The lowest BCUT2D eigenvalue weighted by Crippen LogP contribution is -2.27. The summed E-state index contributed by atoms with van der Waals surface area (Å²) in [7, 11) is 3.31. The van der Waals surface area contributed by atoms with E-state index in [2.05, 4.69) is 12.2 Å². The summed E-state index contributed by atoms with van der Waals surface area (Å²) in [5.74, 6) is 2.02. The Labute approximate surface area is 113 Å². The van der Waals surface area contributed by atoms with Crippen LogP contribution >= 0.6 is 11.6 Å². The summed E-state index contributed by atoms with van der Waals surface area (Å²) in [6.45, 7) is 4.16. The number of hydrogen-bond donors (Lipinski definition) is 1. The number of hydrogen-bond acceptors (Lipinski definition) is 3. The normalized spacial score (nSPS) is 16.7. The van der Waals surface area contributed by atoms with Crippen LogP contribution in [0.4, 0.5) is 0 Å². The number of rotatable bonds is 3. The monoisotopic (exact) mass is 269 g/mol. The minimum absolute atomic E-state index is 0.513. The van der Waals surface area contributed by atoms with Crippen LogP contribution in [-0.4, -0.2) is 27.3 Å². The van der Waals surface area contributed by atoms with E-state index in [-0.39, 0.29) is 0 Å². The molecule has 4 heteroatoms. The Morgan fingerprint density at radius 1 is 1.22 bits per heavy atom. The van der Waals surface area contributed by atoms with E-state index in [1.54, 1.807) is 14.2 Å². The highest BCUT2D eigenvalue weighted by Gasteiger charge is 2.23. The average molecular weight is 270 g/mol. The largest absolute Gasteiger partial charge is 0.493 e. The second-order valence-corrected chi connectivity index (χ2v) is 5.06. The summed E-state index contributed by atoms with van der Waals surface area (Å²) in [5.41, 5.74) is 2.32. The molecule has 1 aliphatic rings. The third-order valence-corrected chi connectivity index (χ3v) is 3.97. The maximum absolute atomic E-state index is 6.42. The molecule has 100 valence electrons. The molecule has 0 unspecified atom stereocenters. The molecule has 1 heterocycles. The zero-order valence-electron chi connectivity index (χ0n) is 11.2. The number of halogens is 1. The lowest BCUT2D eigenvalue weighted by atomic mass is 9.87. The van der Waals surface area contributed by atoms with Gasteiger partial charge in [-0.1, -0.05) is 11.6 Å². The maximum Gasteiger partial charge on any atom is 0.164 e. The zero-order valence-corrected chi connectivity index (χ0v) is 11.9. The lowest BCUT2D eigenvalue weighted by Gasteiger charge is -2.26. The Morgan fingerprint density at radius 3 is 2.44 bits per heavy atom. The lowest BCUT2D eigenvalue weighted by molar-refractivity contribution is 0.351. The van der Waals surface area contributed by atoms with Crippen molar-refractivity contribution in [3.05, 3.63) is 22.2 Å². The summed E-state index contributed by atoms with van der Waals surface area (Å²) in [6, 6.07) is 1.87. The van der Waals surface area contributed by atoms with Crippen LogP contribution < -0.4 is 14.8 Å². The van der Waals surface area contributed by atoms with Crippen molar-refractivity contribution in [2.45, 2.75) is 25.7 Å². The van der Waals surface area contributed by atoms with Crippen molar-refractivity contribution in [1.29, 1.82) is 0 Å². The van der Waals surface area contributed by atoms with Crippen molar-refractivity contribution in [3.8, 4) is 11.5 Å². The first-order chi connectivity index (χ1) is 8.69. The number of benzene rings is 1. The summed E-state index contributed by atoms with van der Waals surface area (Å²) < 4.78 is 10.8. The van der Waals surface area contributed by atoms with Gasteiger partial charge in [-0.05, 0) is 49.9 Å². The van der Waals surface area contributed by atoms with E-state index < -0.39 is 0 Å². The molecule has 0 saturated carbocycles. The van der Waals surface area contributed by atoms with E-state index >= 15 is 0 Å². The van der Waals surface area contributed by atoms with Gasteiger partial charge in [-0.25, -0.2) is 0 Å². The second kappa shape index (κ2) is 5.81. The van der Waals surface area contributed by atoms with Gasteiger partial charge in [0.2, 0.25) is 0 Å². The fourth-order valence-electron chi connectivity index (χ4n) is 2.76. The Kier molecular flexibility index (Phi) is 4.36. The van der Waals surface area contributed by atoms with Crippen molar-refractivity contribution >= 4 is 11.6 Å². The molecule has 0 aromatic heterocycles. The third kappa shape index (κ3) is 2.43. The van der Waals surface area contributed by atoms with Crippen LogP contribution in [0.3, 0.4) is 0 Å². The Balaban J connectivity index is 2.46. The summed E-state index contributed by atoms with van der Waals surface area (Å²) in [4.78, 5) is 0. The van der Waals surface area contributed by atoms with Crippen molar-refractivity contribution in [2.24, 2.45) is 0 Å². The molecule has 1 saturated heterocycles. The van der Waals surface area contributed by atoms with E-state index in [0.717, 1.165) is 42.3 Å². The molecule has 18 heavy (non-hydrogen) atoms. The van der Waals surface area contributed by atoms with Crippen LogP contribution in [0.15, 0.2) is 6.07 Å². The summed E-state index contributed by atoms with van der Waals surface area (Å²) >= 11 is 6.42. The fraction of sp³-hybridized carbons (Fsp3) is 0.571. The molecule has 2 rings (SSSR count). The van der Waals surface area contributed by atoms with Crippen molar-refractivity contribution < 1.29 is 9.47 Å². The maximum atomic E-state index is 6.42. The van der Waals surface area contributed by atoms with Crippen molar-refractivity contribution in [1.82, 2.24) is 5.32 Å². The molecular formula is C14H20ClNO2. The molecule has 1 aromatic carbocycles. The van der Waals surface area contributed by atoms with Gasteiger partial charge in [0.05, 0.1) is 14.2 Å². The van der Waals surface area contributed by atoms with Gasteiger partial charge in [0.1, 0.15) is 0 Å². The summed E-state index contributed by atoms with van der Waals surface area (Å²) in [5, 5.41) is 4.16. The van der Waals surface area contributed by atoms with Gasteiger partial charge in [-0.15, -0.1) is 0 Å². The SMILES string of the molecule is COc1cc(Cl)c(C2CCNCC2)c(C)c1OC. The highest BCUT2D eigenvalue weighted by atomic mass is 35.5. The first kappa shape index (κ1) is 13.5. The van der Waals surface area contributed by atoms with E-state index in [0.29, 0.717) is 11.7 Å². The molecule has 1 aliphatic heterocycles. The zero-order chi connectivity index (χ0) is 13.1. The number of nitrogens with one attached hydrogen (secondary N) is 1. The van der Waals surface area contributed by atoms with Crippen LogP contribution in [0, 0.1) is 6.92 Å². The van der Waals surface area contributed by atoms with Gasteiger partial charge in [0.15, 0.2) is 11.5 Å². The average Bonchev–Trinajstić information content (AvgIpc) is 2.39. The fourth-order valence-corrected chi connectivity index (χ4v) is 3.16. The Bertz CT molecular complexity index is 428. The molecule has 0 atom stereocenters. The molecular weight excluding hydrogens is 250 g/mol. The topological polar surface area (TPSA) is 30.5 Å². The van der Waals surface area contributed by atoms with Gasteiger partial charge < -0.3 is 14.8 Å². The van der Waals surface area contributed by atoms with Crippen LogP contribution in [-0.2, 0) is 0 Å². The molecule has 1 fully saturated rings. The molecule has 1 N–H and O–H groups in total. The Morgan fingerprint density at radius 2 is 1.89 bits per heavy atom. The molecule has 0 amide bonds. The van der Waals surface area contributed by atoms with E-state index in [1.807, 2.05) is 6.07 Å². The minimum atomic E-state index is 0.513. The molecule has 0 spiro atoms. The highest BCUT2D eigenvalue weighted by molar-refractivity contribution is 6.31. The summed E-state index contributed by atoms with van der Waals surface area (Å²) in [6.07, 6.45) is 2.24. The Hall–Kier alpha value is -0.930. The van der Waals surface area contributed by atoms with Gasteiger partial charge in [-0.3, -0.25) is 0 Å². The van der Waals surface area contributed by atoms with Crippen LogP contribution in [0.1, 0.15) is 29.9 Å². The molecule has 0 aliphatic carbocycles. The second-order valence-electron chi connectivity index (χ2n) is 4.66. The number of methoxy groups -OCH3 is 2. The van der Waals surface area contributed by atoms with Crippen molar-refractivity contribution in [3.63, 3.8) is 0 Å². The van der Waals surface area contributed by atoms with Gasteiger partial charge in [0, 0.05) is 11.1 Å². The smallest absolute Gasteiger partial charge is 0.164 e. The quantitative estimate of drug-likeness (QED) is 0.915. The van der Waals surface area contributed by atoms with E-state index in [1.165, 1.54) is 5.56 Å². The number of ether oxygens (including phenoxy) is 2. The van der Waals surface area contributed by atoms with E-state index in [9.17, 15) is 0 Å². The third-order valence-electron chi connectivity index (χ3n) is 3.65. The van der Waals surface area contributed by atoms with Gasteiger partial charge in [0.25, 0.3) is 0 Å². The molecule has 0 bridgehead atoms. The minimum Gasteiger partial charge on any atom is -0.493 e. The van der Waals surface area contributed by atoms with Crippen LogP contribution in [0.5, 0.6) is 11.5 Å². The molecule has 0 radical (unpaired) electrons.